The molecule has 1 aliphatic rings. The Morgan fingerprint density at radius 1 is 1.71 bits per heavy atom. The lowest BCUT2D eigenvalue weighted by Gasteiger charge is -2.13. The minimum Gasteiger partial charge on any atom is -0.301 e. The van der Waals surface area contributed by atoms with Crippen LogP contribution in [0.15, 0.2) is 12.4 Å². The molecule has 0 spiro atoms. The van der Waals surface area contributed by atoms with Crippen LogP contribution in [-0.4, -0.2) is 40.6 Å². The van der Waals surface area contributed by atoms with Crippen molar-refractivity contribution in [1.82, 2.24) is 14.7 Å². The second-order valence-corrected chi connectivity index (χ2v) is 3.71. The molecule has 0 N–H and O–H groups in total. The van der Waals surface area contributed by atoms with Gasteiger partial charge in [0.25, 0.3) is 0 Å². The number of rotatable bonds is 3. The average Bonchev–Trinajstić information content (AvgIpc) is 2.86. The van der Waals surface area contributed by atoms with Crippen molar-refractivity contribution in [3.63, 3.8) is 0 Å². The van der Waals surface area contributed by atoms with E-state index >= 15 is 0 Å². The minimum atomic E-state index is 0.448. The van der Waals surface area contributed by atoms with Crippen LogP contribution in [0, 0.1) is 0 Å². The third-order valence-corrected chi connectivity index (χ3v) is 2.83. The smallest absolute Gasteiger partial charge is 0.153 e. The highest BCUT2D eigenvalue weighted by atomic mass is 16.1. The van der Waals surface area contributed by atoms with Gasteiger partial charge in [0.05, 0.1) is 17.8 Å². The van der Waals surface area contributed by atoms with Crippen LogP contribution >= 0.6 is 0 Å². The molecule has 1 atom stereocenters. The minimum absolute atomic E-state index is 0.448. The molecule has 0 aliphatic carbocycles. The zero-order valence-corrected chi connectivity index (χ0v) is 8.39. The van der Waals surface area contributed by atoms with Crippen LogP contribution in [0.4, 0.5) is 0 Å². The maximum atomic E-state index is 10.5. The monoisotopic (exact) mass is 193 g/mol. The fraction of sp³-hybridized carbons (Fsp3) is 0.600. The molecule has 14 heavy (non-hydrogen) atoms. The number of aromatic nitrogens is 2. The molecular formula is C10H15N3O. The lowest BCUT2D eigenvalue weighted by atomic mass is 10.3. The Morgan fingerprint density at radius 2 is 2.57 bits per heavy atom. The van der Waals surface area contributed by atoms with Crippen molar-refractivity contribution in [2.24, 2.45) is 0 Å². The summed E-state index contributed by atoms with van der Waals surface area (Å²) >= 11 is 0. The molecule has 1 saturated heterocycles. The second-order valence-electron chi connectivity index (χ2n) is 3.71. The summed E-state index contributed by atoms with van der Waals surface area (Å²) in [7, 11) is 0. The van der Waals surface area contributed by atoms with Crippen molar-refractivity contribution in [2.75, 3.05) is 19.6 Å². The van der Waals surface area contributed by atoms with Gasteiger partial charge in [0.2, 0.25) is 0 Å². The van der Waals surface area contributed by atoms with Crippen molar-refractivity contribution in [3.05, 3.63) is 18.0 Å². The molecular weight excluding hydrogens is 178 g/mol. The summed E-state index contributed by atoms with van der Waals surface area (Å²) in [5.74, 6) is 0. The number of likely N-dealkylation sites (tertiary alicyclic amines) is 1. The molecule has 76 valence electrons. The number of hydrogen-bond acceptors (Lipinski definition) is 3. The number of carbonyl (C=O) groups is 1. The third-order valence-electron chi connectivity index (χ3n) is 2.83. The van der Waals surface area contributed by atoms with Gasteiger partial charge in [0.15, 0.2) is 6.29 Å². The zero-order valence-electron chi connectivity index (χ0n) is 8.39. The first-order valence-corrected chi connectivity index (χ1v) is 5.05. The molecule has 0 bridgehead atoms. The lowest BCUT2D eigenvalue weighted by Crippen LogP contribution is -2.21. The summed E-state index contributed by atoms with van der Waals surface area (Å²) in [5.41, 5.74) is 0.667. The highest BCUT2D eigenvalue weighted by Gasteiger charge is 2.22. The predicted molar refractivity (Wildman–Crippen MR) is 53.4 cm³/mol. The van der Waals surface area contributed by atoms with E-state index in [4.69, 9.17) is 0 Å². The molecule has 1 aliphatic heterocycles. The topological polar surface area (TPSA) is 38.1 Å². The van der Waals surface area contributed by atoms with Crippen LogP contribution in [0.2, 0.25) is 0 Å². The average molecular weight is 193 g/mol. The Labute approximate surface area is 83.5 Å². The van der Waals surface area contributed by atoms with Gasteiger partial charge in [-0.05, 0) is 13.0 Å². The fourth-order valence-electron chi connectivity index (χ4n) is 1.93. The maximum Gasteiger partial charge on any atom is 0.153 e. The van der Waals surface area contributed by atoms with Gasteiger partial charge >= 0.3 is 0 Å². The Morgan fingerprint density at radius 3 is 3.14 bits per heavy atom. The Balaban J connectivity index is 2.05. The summed E-state index contributed by atoms with van der Waals surface area (Å²) in [5, 5.41) is 4.20. The quantitative estimate of drug-likeness (QED) is 0.671. The van der Waals surface area contributed by atoms with Gasteiger partial charge in [-0.3, -0.25) is 9.48 Å². The van der Waals surface area contributed by atoms with Crippen LogP contribution in [0.5, 0.6) is 0 Å². The molecule has 4 heteroatoms. The molecule has 1 unspecified atom stereocenters. The first-order chi connectivity index (χ1) is 6.83. The summed E-state index contributed by atoms with van der Waals surface area (Å²) < 4.78 is 1.92. The Kier molecular flexibility index (Phi) is 2.63. The third kappa shape index (κ3) is 1.70. The van der Waals surface area contributed by atoms with Crippen molar-refractivity contribution >= 4 is 6.29 Å². The highest BCUT2D eigenvalue weighted by molar-refractivity contribution is 5.73. The SMILES string of the molecule is CCN1CCC(n2cc(C=O)cn2)C1. The second kappa shape index (κ2) is 3.92. The van der Waals surface area contributed by atoms with Gasteiger partial charge in [-0.15, -0.1) is 0 Å². The molecule has 2 rings (SSSR count). The zero-order chi connectivity index (χ0) is 9.97. The van der Waals surface area contributed by atoms with Crippen molar-refractivity contribution in [1.29, 1.82) is 0 Å². The predicted octanol–water partition coefficient (Wildman–Crippen LogP) is 0.962. The van der Waals surface area contributed by atoms with Crippen LogP contribution in [0.25, 0.3) is 0 Å². The first-order valence-electron chi connectivity index (χ1n) is 5.05. The van der Waals surface area contributed by atoms with Gasteiger partial charge in [-0.2, -0.15) is 5.10 Å². The lowest BCUT2D eigenvalue weighted by molar-refractivity contribution is 0.112. The van der Waals surface area contributed by atoms with Gasteiger partial charge in [-0.25, -0.2) is 0 Å². The number of nitrogens with zero attached hydrogens (tertiary/aromatic N) is 3. The van der Waals surface area contributed by atoms with E-state index in [9.17, 15) is 4.79 Å². The van der Waals surface area contributed by atoms with Gasteiger partial charge < -0.3 is 4.90 Å². The van der Waals surface area contributed by atoms with E-state index in [-0.39, 0.29) is 0 Å². The summed E-state index contributed by atoms with van der Waals surface area (Å²) in [6.45, 7) is 5.45. The van der Waals surface area contributed by atoms with E-state index in [1.165, 1.54) is 0 Å². The molecule has 0 saturated carbocycles. The molecule has 1 aromatic rings. The van der Waals surface area contributed by atoms with Gasteiger partial charge in [0, 0.05) is 19.3 Å². The Hall–Kier alpha value is -1.16. The van der Waals surface area contributed by atoms with Gasteiger partial charge in [0.1, 0.15) is 0 Å². The summed E-state index contributed by atoms with van der Waals surface area (Å²) in [6.07, 6.45) is 5.43. The standard InChI is InChI=1S/C10H15N3O/c1-2-12-4-3-10(7-12)13-6-9(8-14)5-11-13/h5-6,8,10H,2-4,7H2,1H3. The largest absolute Gasteiger partial charge is 0.301 e. The van der Waals surface area contributed by atoms with Crippen molar-refractivity contribution < 1.29 is 4.79 Å². The van der Waals surface area contributed by atoms with Crippen LogP contribution in [0.1, 0.15) is 29.7 Å². The molecule has 0 aromatic carbocycles. The number of carbonyl (C=O) groups excluding carboxylic acids is 1. The Bertz CT molecular complexity index is 321. The summed E-state index contributed by atoms with van der Waals surface area (Å²) in [4.78, 5) is 12.9. The highest BCUT2D eigenvalue weighted by Crippen LogP contribution is 2.20. The molecule has 0 radical (unpaired) electrons. The van der Waals surface area contributed by atoms with Crippen molar-refractivity contribution in [3.8, 4) is 0 Å². The van der Waals surface area contributed by atoms with E-state index in [0.717, 1.165) is 32.3 Å². The van der Waals surface area contributed by atoms with E-state index in [1.807, 2.05) is 10.9 Å². The number of hydrogen-bond donors (Lipinski definition) is 0. The molecule has 4 nitrogen and oxygen atoms in total. The van der Waals surface area contributed by atoms with E-state index in [1.54, 1.807) is 6.20 Å². The van der Waals surface area contributed by atoms with E-state index in [2.05, 4.69) is 16.9 Å². The molecule has 1 aromatic heterocycles. The molecule has 1 fully saturated rings. The maximum absolute atomic E-state index is 10.5. The fourth-order valence-corrected chi connectivity index (χ4v) is 1.93. The first kappa shape index (κ1) is 9.40. The van der Waals surface area contributed by atoms with E-state index in [0.29, 0.717) is 11.6 Å². The van der Waals surface area contributed by atoms with Gasteiger partial charge in [-0.1, -0.05) is 6.92 Å². The van der Waals surface area contributed by atoms with Crippen LogP contribution in [0.3, 0.4) is 0 Å². The van der Waals surface area contributed by atoms with Crippen molar-refractivity contribution in [2.45, 2.75) is 19.4 Å². The molecule has 0 amide bonds. The number of likely N-dealkylation sites (N-methyl/N-ethyl adjacent to an activating group) is 1. The van der Waals surface area contributed by atoms with Crippen LogP contribution in [-0.2, 0) is 0 Å². The normalized spacial score (nSPS) is 22.8. The number of aldehydes is 1. The van der Waals surface area contributed by atoms with Crippen LogP contribution < -0.4 is 0 Å². The molecule has 2 heterocycles. The summed E-state index contributed by atoms with van der Waals surface area (Å²) in [6, 6.07) is 0.448. The van der Waals surface area contributed by atoms with E-state index < -0.39 is 0 Å².